The van der Waals surface area contributed by atoms with Gasteiger partial charge in [0.05, 0.1) is 57.0 Å². The Kier molecular flexibility index (Phi) is 4.85. The maximum atomic E-state index is 9.76. The number of hydrogen-bond donors (Lipinski definition) is 0. The third kappa shape index (κ3) is 3.22. The number of nitrogens with zero attached hydrogens (tertiary/aromatic N) is 4. The van der Waals surface area contributed by atoms with Crippen LogP contribution in [0, 0.1) is 11.3 Å². The molecule has 0 aliphatic rings. The average Bonchev–Trinajstić information content (AvgIpc) is 3.54. The Bertz CT molecular complexity index is 2170. The molecule has 4 heteroatoms. The van der Waals surface area contributed by atoms with E-state index in [0.29, 0.717) is 5.56 Å². The summed E-state index contributed by atoms with van der Waals surface area (Å²) in [5, 5.41) is 14.6. The first-order valence-electron chi connectivity index (χ1n) is 13.3. The van der Waals surface area contributed by atoms with Gasteiger partial charge in [0, 0.05) is 27.1 Å². The van der Waals surface area contributed by atoms with Crippen LogP contribution in [0.5, 0.6) is 0 Å². The van der Waals surface area contributed by atoms with Gasteiger partial charge in [-0.15, -0.1) is 0 Å². The highest BCUT2D eigenvalue weighted by Gasteiger charge is 2.17. The smallest absolute Gasteiger partial charge is 0.0991 e. The first-order chi connectivity index (χ1) is 19.8. The molecule has 8 rings (SSSR count). The van der Waals surface area contributed by atoms with Gasteiger partial charge >= 0.3 is 0 Å². The van der Waals surface area contributed by atoms with E-state index in [1.165, 1.54) is 21.5 Å². The first kappa shape index (κ1) is 22.3. The van der Waals surface area contributed by atoms with Crippen molar-refractivity contribution in [2.45, 2.75) is 0 Å². The third-order valence-corrected chi connectivity index (χ3v) is 7.81. The van der Waals surface area contributed by atoms with Crippen LogP contribution in [0.4, 0.5) is 0 Å². The minimum atomic E-state index is 0.604. The second-order valence-electron chi connectivity index (χ2n) is 9.98. The zero-order valence-corrected chi connectivity index (χ0v) is 21.5. The van der Waals surface area contributed by atoms with Gasteiger partial charge < -0.3 is 9.13 Å². The van der Waals surface area contributed by atoms with Crippen LogP contribution < -0.4 is 0 Å². The van der Waals surface area contributed by atoms with Gasteiger partial charge in [-0.1, -0.05) is 72.8 Å². The van der Waals surface area contributed by atoms with E-state index >= 15 is 0 Å². The van der Waals surface area contributed by atoms with E-state index in [4.69, 9.17) is 4.98 Å². The fourth-order valence-electron chi connectivity index (χ4n) is 6.07. The SMILES string of the molecule is N#Cc1ccc(-n2c3ccccc3c3ccccc32)c(-c2ccc(-n3c4ccccc4c4ccccc43)cn2)c1. The van der Waals surface area contributed by atoms with Crippen molar-refractivity contribution in [3.63, 3.8) is 0 Å². The summed E-state index contributed by atoms with van der Waals surface area (Å²) in [5.41, 5.74) is 8.87. The maximum absolute atomic E-state index is 9.76. The Morgan fingerprint density at radius 3 is 1.50 bits per heavy atom. The molecule has 0 spiro atoms. The molecule has 3 aromatic heterocycles. The third-order valence-electron chi connectivity index (χ3n) is 7.81. The Morgan fingerprint density at radius 1 is 0.525 bits per heavy atom. The van der Waals surface area contributed by atoms with Crippen LogP contribution in [0.2, 0.25) is 0 Å². The largest absolute Gasteiger partial charge is 0.309 e. The van der Waals surface area contributed by atoms with Gasteiger partial charge in [0.15, 0.2) is 0 Å². The number of aromatic nitrogens is 3. The summed E-state index contributed by atoms with van der Waals surface area (Å²) in [6, 6.07) is 46.2. The standard InChI is InChI=1S/C36H22N4/c37-22-24-17-20-36(40-34-15-7-3-11-28(34)29-12-4-8-16-35(29)40)30(21-24)31-19-18-25(23-38-31)39-32-13-5-1-9-26(32)27-10-2-6-14-33(27)39/h1-21,23H. The molecule has 0 atom stereocenters. The lowest BCUT2D eigenvalue weighted by Crippen LogP contribution is -2.00. The lowest BCUT2D eigenvalue weighted by Gasteiger charge is -2.15. The van der Waals surface area contributed by atoms with Crippen molar-refractivity contribution < 1.29 is 0 Å². The molecule has 0 fully saturated rings. The average molecular weight is 511 g/mol. The summed E-state index contributed by atoms with van der Waals surface area (Å²) < 4.78 is 4.55. The summed E-state index contributed by atoms with van der Waals surface area (Å²) >= 11 is 0. The van der Waals surface area contributed by atoms with E-state index in [9.17, 15) is 5.26 Å². The zero-order valence-electron chi connectivity index (χ0n) is 21.5. The molecule has 0 unspecified atom stereocenters. The molecular formula is C36H22N4. The zero-order chi connectivity index (χ0) is 26.6. The first-order valence-corrected chi connectivity index (χ1v) is 13.3. The fourth-order valence-corrected chi connectivity index (χ4v) is 6.07. The molecule has 40 heavy (non-hydrogen) atoms. The molecule has 0 aliphatic heterocycles. The highest BCUT2D eigenvalue weighted by molar-refractivity contribution is 6.10. The fraction of sp³-hybridized carbons (Fsp3) is 0. The minimum absolute atomic E-state index is 0.604. The monoisotopic (exact) mass is 510 g/mol. The van der Waals surface area contributed by atoms with E-state index in [1.807, 2.05) is 24.4 Å². The van der Waals surface area contributed by atoms with Crippen LogP contribution in [0.25, 0.3) is 66.2 Å². The van der Waals surface area contributed by atoms with Crippen molar-refractivity contribution >= 4 is 43.6 Å². The summed E-state index contributed by atoms with van der Waals surface area (Å²) in [4.78, 5) is 4.98. The van der Waals surface area contributed by atoms with E-state index in [-0.39, 0.29) is 0 Å². The van der Waals surface area contributed by atoms with E-state index < -0.39 is 0 Å². The van der Waals surface area contributed by atoms with Gasteiger partial charge in [-0.3, -0.25) is 4.98 Å². The number of fused-ring (bicyclic) bond motifs is 6. The molecule has 4 nitrogen and oxygen atoms in total. The summed E-state index contributed by atoms with van der Waals surface area (Å²) in [5.74, 6) is 0. The number of pyridine rings is 1. The molecule has 186 valence electrons. The molecule has 0 saturated carbocycles. The van der Waals surface area contributed by atoms with Crippen LogP contribution in [0.15, 0.2) is 134 Å². The summed E-state index contributed by atoms with van der Waals surface area (Å²) in [7, 11) is 0. The molecule has 8 aromatic rings. The van der Waals surface area contributed by atoms with Gasteiger partial charge in [-0.2, -0.15) is 5.26 Å². The molecule has 0 N–H and O–H groups in total. The number of para-hydroxylation sites is 4. The molecule has 0 aliphatic carbocycles. The van der Waals surface area contributed by atoms with Crippen molar-refractivity contribution in [3.8, 4) is 28.7 Å². The second-order valence-corrected chi connectivity index (χ2v) is 9.98. The van der Waals surface area contributed by atoms with Gasteiger partial charge in [0.25, 0.3) is 0 Å². The summed E-state index contributed by atoms with van der Waals surface area (Å²) in [6.45, 7) is 0. The predicted molar refractivity (Wildman–Crippen MR) is 163 cm³/mol. The van der Waals surface area contributed by atoms with Gasteiger partial charge in [0.2, 0.25) is 0 Å². The molecular weight excluding hydrogens is 488 g/mol. The number of hydrogen-bond acceptors (Lipinski definition) is 2. The lowest BCUT2D eigenvalue weighted by molar-refractivity contribution is 1.13. The Morgan fingerprint density at radius 2 is 1.02 bits per heavy atom. The highest BCUT2D eigenvalue weighted by atomic mass is 15.0. The Balaban J connectivity index is 1.35. The van der Waals surface area contributed by atoms with E-state index in [2.05, 4.69) is 124 Å². The number of rotatable bonds is 3. The van der Waals surface area contributed by atoms with Crippen molar-refractivity contribution in [2.75, 3.05) is 0 Å². The van der Waals surface area contributed by atoms with Crippen molar-refractivity contribution in [2.24, 2.45) is 0 Å². The predicted octanol–water partition coefficient (Wildman–Crippen LogP) is 8.81. The molecule has 0 amide bonds. The van der Waals surface area contributed by atoms with Crippen LogP contribution in [-0.2, 0) is 0 Å². The number of nitriles is 1. The van der Waals surface area contributed by atoms with Crippen molar-refractivity contribution in [3.05, 3.63) is 139 Å². The van der Waals surface area contributed by atoms with Crippen LogP contribution >= 0.6 is 0 Å². The minimum Gasteiger partial charge on any atom is -0.309 e. The molecule has 0 bridgehead atoms. The topological polar surface area (TPSA) is 46.5 Å². The van der Waals surface area contributed by atoms with Gasteiger partial charge in [0.1, 0.15) is 0 Å². The molecule has 0 saturated heterocycles. The molecule has 3 heterocycles. The lowest BCUT2D eigenvalue weighted by atomic mass is 10.0. The Hall–Kier alpha value is -5.66. The van der Waals surface area contributed by atoms with Crippen LogP contribution in [0.1, 0.15) is 5.56 Å². The second kappa shape index (κ2) is 8.69. The van der Waals surface area contributed by atoms with Crippen molar-refractivity contribution in [1.29, 1.82) is 5.26 Å². The maximum Gasteiger partial charge on any atom is 0.0991 e. The van der Waals surface area contributed by atoms with Gasteiger partial charge in [-0.25, -0.2) is 0 Å². The van der Waals surface area contributed by atoms with Crippen LogP contribution in [0.3, 0.4) is 0 Å². The van der Waals surface area contributed by atoms with E-state index in [1.54, 1.807) is 0 Å². The molecule has 0 radical (unpaired) electrons. The normalized spacial score (nSPS) is 11.5. The number of benzene rings is 5. The highest BCUT2D eigenvalue weighted by Crippen LogP contribution is 2.37. The summed E-state index contributed by atoms with van der Waals surface area (Å²) in [6.07, 6.45) is 1.93. The van der Waals surface area contributed by atoms with E-state index in [0.717, 1.165) is 44.7 Å². The quantitative estimate of drug-likeness (QED) is 0.238. The Labute approximate surface area is 230 Å². The van der Waals surface area contributed by atoms with Crippen molar-refractivity contribution in [1.82, 2.24) is 14.1 Å². The van der Waals surface area contributed by atoms with Crippen LogP contribution in [-0.4, -0.2) is 14.1 Å². The molecule has 5 aromatic carbocycles. The van der Waals surface area contributed by atoms with Gasteiger partial charge in [-0.05, 0) is 54.6 Å².